The van der Waals surface area contributed by atoms with Crippen LogP contribution >= 0.6 is 0 Å². The average Bonchev–Trinajstić information content (AvgIpc) is 3.16. The number of hydrogen-bond acceptors (Lipinski definition) is 3. The molecule has 0 amide bonds. The molecule has 1 N–H and O–H groups in total. The minimum Gasteiger partial charge on any atom is -0.478 e. The van der Waals surface area contributed by atoms with E-state index in [0.717, 1.165) is 11.1 Å². The topological polar surface area (TPSA) is 49.8 Å². The SMILES string of the molecule is C[C@H](c1ccc(-c2ccc(OC(C)(C)C(=O)O)cc2)cc1)N1CCCC1. The first-order valence-electron chi connectivity index (χ1n) is 9.24. The Morgan fingerprint density at radius 3 is 2.00 bits per heavy atom. The van der Waals surface area contributed by atoms with E-state index < -0.39 is 11.6 Å². The van der Waals surface area contributed by atoms with Gasteiger partial charge in [0.2, 0.25) is 0 Å². The van der Waals surface area contributed by atoms with Gasteiger partial charge in [0, 0.05) is 6.04 Å². The number of likely N-dealkylation sites (tertiary alicyclic amines) is 1. The van der Waals surface area contributed by atoms with E-state index in [9.17, 15) is 4.79 Å². The van der Waals surface area contributed by atoms with Gasteiger partial charge in [-0.25, -0.2) is 4.79 Å². The van der Waals surface area contributed by atoms with Crippen LogP contribution in [0, 0.1) is 0 Å². The van der Waals surface area contributed by atoms with Crippen LogP contribution in [0.5, 0.6) is 5.75 Å². The number of carboxylic acid groups (broad SMARTS) is 1. The Morgan fingerprint density at radius 2 is 1.50 bits per heavy atom. The maximum absolute atomic E-state index is 11.2. The summed E-state index contributed by atoms with van der Waals surface area (Å²) in [6, 6.07) is 16.7. The van der Waals surface area contributed by atoms with Crippen LogP contribution < -0.4 is 4.74 Å². The third-order valence-corrected chi connectivity index (χ3v) is 5.16. The van der Waals surface area contributed by atoms with E-state index in [2.05, 4.69) is 36.1 Å². The number of aliphatic carboxylic acids is 1. The first kappa shape index (κ1) is 18.5. The van der Waals surface area contributed by atoms with Gasteiger partial charge in [-0.15, -0.1) is 0 Å². The van der Waals surface area contributed by atoms with Crippen LogP contribution in [0.2, 0.25) is 0 Å². The van der Waals surface area contributed by atoms with Crippen molar-refractivity contribution in [3.05, 3.63) is 54.1 Å². The molecule has 26 heavy (non-hydrogen) atoms. The Kier molecular flexibility index (Phi) is 5.33. The van der Waals surface area contributed by atoms with Crippen molar-refractivity contribution in [2.45, 2.75) is 45.3 Å². The van der Waals surface area contributed by atoms with Crippen LogP contribution in [0.3, 0.4) is 0 Å². The second-order valence-corrected chi connectivity index (χ2v) is 7.48. The maximum atomic E-state index is 11.2. The third kappa shape index (κ3) is 4.07. The molecule has 0 saturated carbocycles. The van der Waals surface area contributed by atoms with Gasteiger partial charge < -0.3 is 9.84 Å². The lowest BCUT2D eigenvalue weighted by Gasteiger charge is -2.24. The highest BCUT2D eigenvalue weighted by molar-refractivity contribution is 5.76. The molecule has 2 aromatic carbocycles. The molecule has 2 aromatic rings. The highest BCUT2D eigenvalue weighted by Gasteiger charge is 2.29. The number of rotatable bonds is 6. The van der Waals surface area contributed by atoms with Crippen LogP contribution in [-0.2, 0) is 4.79 Å². The summed E-state index contributed by atoms with van der Waals surface area (Å²) >= 11 is 0. The lowest BCUT2D eigenvalue weighted by Crippen LogP contribution is -2.37. The van der Waals surface area contributed by atoms with Gasteiger partial charge in [-0.3, -0.25) is 4.90 Å². The number of ether oxygens (including phenoxy) is 1. The summed E-state index contributed by atoms with van der Waals surface area (Å²) < 4.78 is 5.56. The summed E-state index contributed by atoms with van der Waals surface area (Å²) in [5, 5.41) is 9.16. The standard InChI is InChI=1S/C22H27NO3/c1-16(23-14-4-5-15-23)17-6-8-18(9-7-17)19-10-12-20(13-11-19)26-22(2,3)21(24)25/h6-13,16H,4-5,14-15H2,1-3H3,(H,24,25)/t16-/m1/s1. The molecule has 0 aliphatic carbocycles. The summed E-state index contributed by atoms with van der Waals surface area (Å²) in [4.78, 5) is 13.7. The van der Waals surface area contributed by atoms with Crippen LogP contribution in [0.15, 0.2) is 48.5 Å². The molecule has 1 aliphatic heterocycles. The zero-order valence-electron chi connectivity index (χ0n) is 15.7. The molecule has 1 saturated heterocycles. The smallest absolute Gasteiger partial charge is 0.347 e. The van der Waals surface area contributed by atoms with E-state index in [0.29, 0.717) is 11.8 Å². The lowest BCUT2D eigenvalue weighted by molar-refractivity contribution is -0.152. The van der Waals surface area contributed by atoms with E-state index >= 15 is 0 Å². The van der Waals surface area contributed by atoms with Crippen LogP contribution in [0.1, 0.15) is 45.2 Å². The minimum atomic E-state index is -1.24. The molecule has 1 fully saturated rings. The van der Waals surface area contributed by atoms with Gasteiger partial charge in [0.25, 0.3) is 0 Å². The largest absolute Gasteiger partial charge is 0.478 e. The summed E-state index contributed by atoms with van der Waals surface area (Å²) in [5.41, 5.74) is 2.34. The first-order valence-corrected chi connectivity index (χ1v) is 9.24. The minimum absolute atomic E-state index is 0.459. The Balaban J connectivity index is 1.70. The van der Waals surface area contributed by atoms with E-state index in [1.54, 1.807) is 13.8 Å². The van der Waals surface area contributed by atoms with E-state index in [4.69, 9.17) is 9.84 Å². The molecule has 0 aromatic heterocycles. The summed E-state index contributed by atoms with van der Waals surface area (Å²) in [6.07, 6.45) is 2.60. The van der Waals surface area contributed by atoms with Gasteiger partial charge in [0.05, 0.1) is 0 Å². The van der Waals surface area contributed by atoms with Gasteiger partial charge in [-0.2, -0.15) is 0 Å². The van der Waals surface area contributed by atoms with Crippen molar-refractivity contribution in [2.24, 2.45) is 0 Å². The van der Waals surface area contributed by atoms with Gasteiger partial charge in [-0.1, -0.05) is 36.4 Å². The van der Waals surface area contributed by atoms with Crippen molar-refractivity contribution in [1.82, 2.24) is 4.90 Å². The van der Waals surface area contributed by atoms with Crippen molar-refractivity contribution in [3.8, 4) is 16.9 Å². The average molecular weight is 353 g/mol. The number of carbonyl (C=O) groups is 1. The molecule has 0 radical (unpaired) electrons. The number of nitrogens with zero attached hydrogens (tertiary/aromatic N) is 1. The van der Waals surface area contributed by atoms with Crippen molar-refractivity contribution in [3.63, 3.8) is 0 Å². The van der Waals surface area contributed by atoms with Crippen molar-refractivity contribution >= 4 is 5.97 Å². The number of carboxylic acids is 1. The van der Waals surface area contributed by atoms with E-state index in [-0.39, 0.29) is 0 Å². The van der Waals surface area contributed by atoms with Crippen LogP contribution in [0.25, 0.3) is 11.1 Å². The summed E-state index contributed by atoms with van der Waals surface area (Å²) in [6.45, 7) is 7.75. The molecule has 4 nitrogen and oxygen atoms in total. The van der Waals surface area contributed by atoms with Crippen molar-refractivity contribution in [1.29, 1.82) is 0 Å². The second-order valence-electron chi connectivity index (χ2n) is 7.48. The quantitative estimate of drug-likeness (QED) is 0.814. The summed E-state index contributed by atoms with van der Waals surface area (Å²) in [5.74, 6) is -0.426. The molecular formula is C22H27NO3. The molecule has 0 unspecified atom stereocenters. The normalized spacial score (nSPS) is 16.4. The van der Waals surface area contributed by atoms with Gasteiger partial charge >= 0.3 is 5.97 Å². The molecular weight excluding hydrogens is 326 g/mol. The predicted molar refractivity (Wildman–Crippen MR) is 103 cm³/mol. The number of hydrogen-bond donors (Lipinski definition) is 1. The number of benzene rings is 2. The van der Waals surface area contributed by atoms with E-state index in [1.165, 1.54) is 31.5 Å². The van der Waals surface area contributed by atoms with Gasteiger partial charge in [0.15, 0.2) is 5.60 Å². The Bertz CT molecular complexity index is 744. The zero-order chi connectivity index (χ0) is 18.7. The van der Waals surface area contributed by atoms with E-state index in [1.807, 2.05) is 24.3 Å². The Labute approximate surface area is 155 Å². The molecule has 4 heteroatoms. The molecule has 1 heterocycles. The molecule has 1 atom stereocenters. The molecule has 0 bridgehead atoms. The highest BCUT2D eigenvalue weighted by atomic mass is 16.5. The molecule has 3 rings (SSSR count). The monoisotopic (exact) mass is 353 g/mol. The second kappa shape index (κ2) is 7.50. The first-order chi connectivity index (χ1) is 12.4. The fourth-order valence-corrected chi connectivity index (χ4v) is 3.35. The zero-order valence-corrected chi connectivity index (χ0v) is 15.7. The fraction of sp³-hybridized carbons (Fsp3) is 0.409. The molecule has 1 aliphatic rings. The van der Waals surface area contributed by atoms with Crippen LogP contribution in [0.4, 0.5) is 0 Å². The predicted octanol–water partition coefficient (Wildman–Crippen LogP) is 4.75. The van der Waals surface area contributed by atoms with Crippen LogP contribution in [-0.4, -0.2) is 34.7 Å². The highest BCUT2D eigenvalue weighted by Crippen LogP contribution is 2.28. The lowest BCUT2D eigenvalue weighted by atomic mass is 10.0. The fourth-order valence-electron chi connectivity index (χ4n) is 3.35. The van der Waals surface area contributed by atoms with Crippen molar-refractivity contribution in [2.75, 3.05) is 13.1 Å². The molecule has 0 spiro atoms. The Hall–Kier alpha value is -2.33. The maximum Gasteiger partial charge on any atom is 0.347 e. The Morgan fingerprint density at radius 1 is 1.00 bits per heavy atom. The van der Waals surface area contributed by atoms with Crippen molar-refractivity contribution < 1.29 is 14.6 Å². The van der Waals surface area contributed by atoms with Gasteiger partial charge in [0.1, 0.15) is 5.75 Å². The third-order valence-electron chi connectivity index (χ3n) is 5.16. The summed E-state index contributed by atoms with van der Waals surface area (Å²) in [7, 11) is 0. The molecule has 138 valence electrons. The van der Waals surface area contributed by atoms with Gasteiger partial charge in [-0.05, 0) is 75.5 Å².